The Bertz CT molecular complexity index is 189. The molecule has 2 atom stereocenters. The molecule has 0 aromatic heterocycles. The van der Waals surface area contributed by atoms with E-state index in [1.165, 1.54) is 35.6 Å². The summed E-state index contributed by atoms with van der Waals surface area (Å²) in [4.78, 5) is 0. The van der Waals surface area contributed by atoms with Crippen LogP contribution in [0, 0.1) is 17.4 Å². The number of hydrogen-bond acceptors (Lipinski definition) is 0. The van der Waals surface area contributed by atoms with Crippen molar-refractivity contribution in [1.82, 2.24) is 0 Å². The summed E-state index contributed by atoms with van der Waals surface area (Å²) in [5, 5.41) is 0. The van der Waals surface area contributed by atoms with Crippen LogP contribution in [-0.2, 0) is 16.3 Å². The average molecular weight is 341 g/mol. The summed E-state index contributed by atoms with van der Waals surface area (Å²) in [7, 11) is -0.955. The minimum atomic E-state index is -0.955. The summed E-state index contributed by atoms with van der Waals surface area (Å²) in [6.07, 6.45) is 6.08. The second-order valence-electron chi connectivity index (χ2n) is 5.23. The van der Waals surface area contributed by atoms with Crippen LogP contribution in [0.15, 0.2) is 12.7 Å². The van der Waals surface area contributed by atoms with Crippen LogP contribution in [0.2, 0.25) is 19.6 Å². The molecule has 3 heteroatoms. The van der Waals surface area contributed by atoms with Crippen molar-refractivity contribution in [2.45, 2.75) is 45.8 Å². The molecule has 0 spiro atoms. The second kappa shape index (κ2) is 7.40. The first-order chi connectivity index (χ1) is 7.02. The molecule has 1 aliphatic rings. The molecule has 0 heterocycles. The number of hydrogen-bond donors (Lipinski definition) is 0. The van der Waals surface area contributed by atoms with Crippen molar-refractivity contribution >= 4 is 21.7 Å². The zero-order valence-corrected chi connectivity index (χ0v) is 16.2. The zero-order chi connectivity index (χ0) is 12.1. The molecule has 0 nitrogen and oxygen atoms in total. The molecule has 0 radical (unpaired) electrons. The predicted molar refractivity (Wildman–Crippen MR) is 72.2 cm³/mol. The monoisotopic (exact) mass is 338 g/mol. The molecule has 1 rings (SSSR count). The molecule has 0 aliphatic heterocycles. The fraction of sp³-hybridized carbons (Fsp3) is 0.750. The number of rotatable bonds is 5. The van der Waals surface area contributed by atoms with E-state index in [9.17, 15) is 0 Å². The van der Waals surface area contributed by atoms with Gasteiger partial charge in [0, 0.05) is 0 Å². The van der Waals surface area contributed by atoms with Crippen LogP contribution in [0.25, 0.3) is 0 Å². The van der Waals surface area contributed by atoms with Crippen LogP contribution < -0.4 is 0 Å². The van der Waals surface area contributed by atoms with Crippen LogP contribution in [0.4, 0.5) is 0 Å². The molecule has 0 N–H and O–H groups in total. The standard InChI is InChI=1S/C12H23Si.BrH.Zn/c1-6-8-10-11(9-7-2)12(10)13(3,4)5;;/h6,10-11H,1,7-9H2,2-5H3;1H;/q-1;;+2/p-1/t10-,11+;;/m0../s1. The maximum absolute atomic E-state index is 3.85. The van der Waals surface area contributed by atoms with Crippen molar-refractivity contribution in [3.63, 3.8) is 0 Å². The van der Waals surface area contributed by atoms with E-state index in [1.54, 1.807) is 0 Å². The van der Waals surface area contributed by atoms with Crippen LogP contribution in [0.3, 0.4) is 0 Å². The Morgan fingerprint density at radius 1 is 1.33 bits per heavy atom. The van der Waals surface area contributed by atoms with Crippen LogP contribution >= 0.6 is 13.6 Å². The predicted octanol–water partition coefficient (Wildman–Crippen LogP) is 4.90. The van der Waals surface area contributed by atoms with Gasteiger partial charge < -0.3 is 5.54 Å². The van der Waals surface area contributed by atoms with Gasteiger partial charge in [-0.3, -0.25) is 0 Å². The minimum absolute atomic E-state index is 0.920. The first-order valence-corrected chi connectivity index (χ1v) is 16.2. The molecule has 0 amide bonds. The van der Waals surface area contributed by atoms with E-state index in [2.05, 4.69) is 52.8 Å². The van der Waals surface area contributed by atoms with Crippen LogP contribution in [0.5, 0.6) is 0 Å². The average Bonchev–Trinajstić information content (AvgIpc) is 2.83. The molecule has 0 bridgehead atoms. The van der Waals surface area contributed by atoms with Gasteiger partial charge in [-0.25, -0.2) is 0 Å². The van der Waals surface area contributed by atoms with Crippen molar-refractivity contribution in [1.29, 1.82) is 0 Å². The first kappa shape index (κ1) is 16.1. The third-order valence-electron chi connectivity index (χ3n) is 3.06. The summed E-state index contributed by atoms with van der Waals surface area (Å²) in [6, 6.07) is 0. The van der Waals surface area contributed by atoms with Gasteiger partial charge >= 0.3 is 30.0 Å². The van der Waals surface area contributed by atoms with Gasteiger partial charge in [-0.1, -0.05) is 60.0 Å². The fourth-order valence-electron chi connectivity index (χ4n) is 2.63. The van der Waals surface area contributed by atoms with Crippen LogP contribution in [0.1, 0.15) is 26.2 Å². The SMILES string of the molecule is C=CC[C@@H]1[C-]([Si](C)(C)C)[C@@H]1CCC.[Zn+][Br]. The topological polar surface area (TPSA) is 0 Å². The summed E-state index contributed by atoms with van der Waals surface area (Å²) in [6.45, 7) is 13.6. The maximum atomic E-state index is 3.85. The van der Waals surface area contributed by atoms with Crippen LogP contribution in [-0.4, -0.2) is 8.07 Å². The summed E-state index contributed by atoms with van der Waals surface area (Å²) < 4.78 is 0. The van der Waals surface area contributed by atoms with E-state index in [0.29, 0.717) is 0 Å². The Morgan fingerprint density at radius 3 is 2.20 bits per heavy atom. The quantitative estimate of drug-likeness (QED) is 0.379. The van der Waals surface area contributed by atoms with Gasteiger partial charge in [-0.15, -0.1) is 6.58 Å². The molecule has 0 unspecified atom stereocenters. The molecule has 15 heavy (non-hydrogen) atoms. The Hall–Kier alpha value is 1.06. The first-order valence-electron chi connectivity index (χ1n) is 5.77. The molecule has 1 fully saturated rings. The summed E-state index contributed by atoms with van der Waals surface area (Å²) >= 11 is 4.25. The molecule has 0 saturated heterocycles. The van der Waals surface area contributed by atoms with Gasteiger partial charge in [0.2, 0.25) is 0 Å². The van der Waals surface area contributed by atoms with Crippen molar-refractivity contribution in [2.75, 3.05) is 0 Å². The molecule has 1 saturated carbocycles. The van der Waals surface area contributed by atoms with Crippen molar-refractivity contribution < 1.29 is 16.3 Å². The van der Waals surface area contributed by atoms with E-state index >= 15 is 0 Å². The third-order valence-corrected chi connectivity index (χ3v) is 5.54. The van der Waals surface area contributed by atoms with E-state index in [-0.39, 0.29) is 0 Å². The summed E-state index contributed by atoms with van der Waals surface area (Å²) in [5.74, 6) is 1.89. The zero-order valence-electron chi connectivity index (χ0n) is 10.6. The van der Waals surface area contributed by atoms with E-state index in [0.717, 1.165) is 11.8 Å². The Morgan fingerprint density at radius 2 is 1.87 bits per heavy atom. The van der Waals surface area contributed by atoms with Gasteiger partial charge in [0.1, 0.15) is 0 Å². The summed E-state index contributed by atoms with van der Waals surface area (Å²) in [5.41, 5.74) is 1.93. The molecule has 0 aromatic carbocycles. The second-order valence-corrected chi connectivity index (χ2v) is 10.3. The Labute approximate surface area is 113 Å². The van der Waals surface area contributed by atoms with E-state index < -0.39 is 8.07 Å². The third kappa shape index (κ3) is 4.83. The number of allylic oxidation sites excluding steroid dienone is 1. The normalized spacial score (nSPS) is 25.5. The fourth-order valence-corrected chi connectivity index (χ4v) is 5.44. The molecule has 0 aromatic rings. The molecule has 84 valence electrons. The van der Waals surface area contributed by atoms with Crippen molar-refractivity contribution in [3.05, 3.63) is 18.2 Å². The molecule has 1 aliphatic carbocycles. The van der Waals surface area contributed by atoms with Gasteiger partial charge in [0.25, 0.3) is 0 Å². The number of halogens is 1. The van der Waals surface area contributed by atoms with Crippen molar-refractivity contribution in [3.8, 4) is 0 Å². The Balaban J connectivity index is 0.000000921. The van der Waals surface area contributed by atoms with E-state index in [1.807, 2.05) is 5.54 Å². The Kier molecular flexibility index (Phi) is 7.92. The van der Waals surface area contributed by atoms with Gasteiger partial charge in [0.05, 0.1) is 0 Å². The van der Waals surface area contributed by atoms with Gasteiger partial charge in [-0.05, 0) is 0 Å². The van der Waals surface area contributed by atoms with E-state index in [4.69, 9.17) is 0 Å². The van der Waals surface area contributed by atoms with Crippen molar-refractivity contribution in [2.24, 2.45) is 11.8 Å². The molecular weight excluding hydrogens is 318 g/mol. The molecular formula is C12H23BrSiZn. The van der Waals surface area contributed by atoms with Gasteiger partial charge in [0.15, 0.2) is 0 Å². The van der Waals surface area contributed by atoms with Gasteiger partial charge in [-0.2, -0.15) is 11.8 Å².